The van der Waals surface area contributed by atoms with Gasteiger partial charge in [-0.1, -0.05) is 36.4 Å². The first-order valence-electron chi connectivity index (χ1n) is 16.0. The van der Waals surface area contributed by atoms with E-state index in [2.05, 4.69) is 36.8 Å². The monoisotopic (exact) mass is 656 g/mol. The number of rotatable bonds is 6. The predicted octanol–water partition coefficient (Wildman–Crippen LogP) is 4.80. The summed E-state index contributed by atoms with van der Waals surface area (Å²) in [5, 5.41) is 1.47. The largest absolute Gasteiger partial charge is 0.490 e. The first-order valence-corrected chi connectivity index (χ1v) is 17.0. The van der Waals surface area contributed by atoms with Crippen LogP contribution in [0, 0.1) is 0 Å². The molecule has 2 aliphatic carbocycles. The van der Waals surface area contributed by atoms with Gasteiger partial charge in [-0.15, -0.1) is 9.24 Å². The molecular formula is C35H38ClN6O3P. The molecule has 0 radical (unpaired) electrons. The van der Waals surface area contributed by atoms with Gasteiger partial charge < -0.3 is 20.3 Å². The van der Waals surface area contributed by atoms with Gasteiger partial charge in [-0.05, 0) is 61.2 Å². The lowest BCUT2D eigenvalue weighted by molar-refractivity contribution is -0.128. The Morgan fingerprint density at radius 2 is 1.87 bits per heavy atom. The molecule has 2 aliphatic heterocycles. The lowest BCUT2D eigenvalue weighted by Gasteiger charge is -2.41. The summed E-state index contributed by atoms with van der Waals surface area (Å²) in [6.45, 7) is 7.45. The van der Waals surface area contributed by atoms with Gasteiger partial charge >= 0.3 is 0 Å². The van der Waals surface area contributed by atoms with Gasteiger partial charge in [0, 0.05) is 60.6 Å². The maximum Gasteiger partial charge on any atom is 0.252 e. The summed E-state index contributed by atoms with van der Waals surface area (Å²) >= 11 is 7.10. The van der Waals surface area contributed by atoms with Crippen LogP contribution in [0.4, 0.5) is 5.69 Å². The minimum Gasteiger partial charge on any atom is -0.490 e. The van der Waals surface area contributed by atoms with Crippen LogP contribution in [0.1, 0.15) is 72.5 Å². The van der Waals surface area contributed by atoms with Crippen molar-refractivity contribution < 1.29 is 14.3 Å². The third kappa shape index (κ3) is 5.80. The maximum absolute atomic E-state index is 14.0. The number of aliphatic imine (C=N–C) groups is 1. The fourth-order valence-corrected chi connectivity index (χ4v) is 7.56. The Hall–Kier alpha value is -3.81. The molecule has 1 saturated heterocycles. The van der Waals surface area contributed by atoms with E-state index in [0.29, 0.717) is 72.4 Å². The van der Waals surface area contributed by atoms with Crippen molar-refractivity contribution >= 4 is 49.5 Å². The molecule has 2 saturated carbocycles. The Bertz CT molecular complexity index is 1760. The van der Waals surface area contributed by atoms with E-state index in [1.165, 1.54) is 6.08 Å². The highest BCUT2D eigenvalue weighted by molar-refractivity contribution is 7.28. The van der Waals surface area contributed by atoms with Crippen molar-refractivity contribution in [2.24, 2.45) is 4.99 Å². The van der Waals surface area contributed by atoms with Gasteiger partial charge in [0.15, 0.2) is 5.75 Å². The molecule has 46 heavy (non-hydrogen) atoms. The zero-order valence-corrected chi connectivity index (χ0v) is 27.9. The molecule has 2 N–H and O–H groups in total. The highest BCUT2D eigenvalue weighted by atomic mass is 35.5. The lowest BCUT2D eigenvalue weighted by atomic mass is 9.95. The fourth-order valence-electron chi connectivity index (χ4n) is 6.83. The minimum atomic E-state index is -0.297. The summed E-state index contributed by atoms with van der Waals surface area (Å²) < 4.78 is 6.31. The number of amides is 2. The van der Waals surface area contributed by atoms with E-state index < -0.39 is 0 Å². The Morgan fingerprint density at radius 3 is 2.52 bits per heavy atom. The second-order valence-electron chi connectivity index (χ2n) is 12.7. The summed E-state index contributed by atoms with van der Waals surface area (Å²) in [5.41, 5.74) is 13.6. The zero-order valence-electron chi connectivity index (χ0n) is 26.0. The topological polar surface area (TPSA) is 114 Å². The lowest BCUT2D eigenvalue weighted by Crippen LogP contribution is -2.55. The molecule has 1 aromatic heterocycles. The van der Waals surface area contributed by atoms with Gasteiger partial charge in [0.2, 0.25) is 5.91 Å². The van der Waals surface area contributed by atoms with Crippen LogP contribution in [0.15, 0.2) is 48.2 Å². The summed E-state index contributed by atoms with van der Waals surface area (Å²) in [6, 6.07) is 7.77. The minimum absolute atomic E-state index is 0.115. The van der Waals surface area contributed by atoms with Gasteiger partial charge in [-0.25, -0.2) is 9.97 Å². The van der Waals surface area contributed by atoms with Gasteiger partial charge in [0.25, 0.3) is 5.91 Å². The Kier molecular flexibility index (Phi) is 8.32. The SMILES string of the molecule is C=CC(=O)N1CCN(/C(=N/C(=O)Cc2c(C3CC3)ncnc2C2CC2)c2cc(Cl)c3c(c2N)OCCc2cccc(P)c2-3)[C@@H](C)C1. The molecular weight excluding hydrogens is 619 g/mol. The maximum atomic E-state index is 14.0. The smallest absolute Gasteiger partial charge is 0.252 e. The zero-order chi connectivity index (χ0) is 32.1. The Labute approximate surface area is 276 Å². The summed E-state index contributed by atoms with van der Waals surface area (Å²) in [6.07, 6.45) is 8.11. The van der Waals surface area contributed by atoms with Crippen LogP contribution < -0.4 is 15.8 Å². The molecule has 7 rings (SSSR count). The van der Waals surface area contributed by atoms with Gasteiger partial charge in [-0.3, -0.25) is 9.59 Å². The molecule has 11 heteroatoms. The highest BCUT2D eigenvalue weighted by Gasteiger charge is 2.36. The molecule has 2 amide bonds. The number of hydrogen-bond acceptors (Lipinski definition) is 6. The standard InChI is InChI=1S/C35H38ClN6O3P/c1-3-28(44)41-12-13-42(19(2)17-41)35(40-27(43)16-24-32(21-7-8-21)38-18-39-33(24)22-9-10-22)23-15-25(36)30-29-20(5-4-6-26(29)46)11-14-45-34(30)31(23)37/h3-6,15,18-19,21-22H,1,7-14,16-17,37,46H2,2H3/b40-35+/t19-/m0/s1. The summed E-state index contributed by atoms with van der Waals surface area (Å²) in [4.78, 5) is 44.4. The van der Waals surface area contributed by atoms with E-state index in [-0.39, 0.29) is 24.3 Å². The van der Waals surface area contributed by atoms with E-state index in [9.17, 15) is 9.59 Å². The number of carbonyl (C=O) groups is 2. The first-order chi connectivity index (χ1) is 22.2. The van der Waals surface area contributed by atoms with Crippen molar-refractivity contribution in [3.05, 3.63) is 76.3 Å². The third-order valence-corrected chi connectivity index (χ3v) is 10.2. The first kappa shape index (κ1) is 30.8. The molecule has 4 aliphatic rings. The average molecular weight is 657 g/mol. The molecule has 238 valence electrons. The summed E-state index contributed by atoms with van der Waals surface area (Å²) in [7, 11) is 2.79. The van der Waals surface area contributed by atoms with Crippen LogP contribution in [-0.4, -0.2) is 69.7 Å². The number of nitrogens with two attached hydrogens (primary N) is 1. The number of amidine groups is 1. The van der Waals surface area contributed by atoms with Gasteiger partial charge in [0.05, 0.1) is 35.1 Å². The predicted molar refractivity (Wildman–Crippen MR) is 184 cm³/mol. The Balaban J connectivity index is 1.33. The molecule has 3 fully saturated rings. The van der Waals surface area contributed by atoms with Gasteiger partial charge in [0.1, 0.15) is 12.2 Å². The molecule has 2 aromatic carbocycles. The number of fused-ring (bicyclic) bond motifs is 3. The normalized spacial score (nSPS) is 19.5. The molecule has 0 spiro atoms. The van der Waals surface area contributed by atoms with Crippen LogP contribution in [0.3, 0.4) is 0 Å². The fraction of sp³-hybridized carbons (Fsp3) is 0.400. The van der Waals surface area contributed by atoms with E-state index in [4.69, 9.17) is 27.1 Å². The van der Waals surface area contributed by atoms with Crippen LogP contribution >= 0.6 is 20.8 Å². The number of benzene rings is 2. The van der Waals surface area contributed by atoms with Crippen molar-refractivity contribution in [1.82, 2.24) is 19.8 Å². The summed E-state index contributed by atoms with van der Waals surface area (Å²) in [5.74, 6) is 1.25. The molecule has 9 nitrogen and oxygen atoms in total. The van der Waals surface area contributed by atoms with Crippen molar-refractivity contribution in [1.29, 1.82) is 0 Å². The number of nitrogens with zero attached hydrogens (tertiary/aromatic N) is 5. The van der Waals surface area contributed by atoms with E-state index in [0.717, 1.165) is 64.6 Å². The van der Waals surface area contributed by atoms with Crippen LogP contribution in [0.25, 0.3) is 11.1 Å². The molecule has 0 bridgehead atoms. The number of anilines is 1. The number of halogens is 1. The molecule has 3 aromatic rings. The van der Waals surface area contributed by atoms with Crippen LogP contribution in [0.5, 0.6) is 5.75 Å². The molecule has 1 unspecified atom stereocenters. The Morgan fingerprint density at radius 1 is 1.15 bits per heavy atom. The van der Waals surface area contributed by atoms with Crippen molar-refractivity contribution in [3.8, 4) is 16.9 Å². The third-order valence-electron chi connectivity index (χ3n) is 9.45. The average Bonchev–Trinajstić information content (AvgIpc) is 3.95. The number of hydrogen-bond donors (Lipinski definition) is 1. The van der Waals surface area contributed by atoms with E-state index in [1.807, 2.05) is 25.1 Å². The van der Waals surface area contributed by atoms with Crippen LogP contribution in [0.2, 0.25) is 5.02 Å². The second-order valence-corrected chi connectivity index (χ2v) is 13.7. The number of nitrogen functional groups attached to an aromatic ring is 1. The number of piperazine rings is 1. The van der Waals surface area contributed by atoms with Crippen molar-refractivity contribution in [2.75, 3.05) is 32.0 Å². The highest BCUT2D eigenvalue weighted by Crippen LogP contribution is 2.47. The van der Waals surface area contributed by atoms with E-state index >= 15 is 0 Å². The number of carbonyl (C=O) groups excluding carboxylic acids is 2. The second kappa shape index (κ2) is 12.4. The van der Waals surface area contributed by atoms with Crippen LogP contribution in [-0.2, 0) is 22.4 Å². The van der Waals surface area contributed by atoms with Crippen molar-refractivity contribution in [3.63, 3.8) is 0 Å². The van der Waals surface area contributed by atoms with Crippen molar-refractivity contribution in [2.45, 2.75) is 63.3 Å². The number of aromatic nitrogens is 2. The van der Waals surface area contributed by atoms with E-state index in [1.54, 1.807) is 11.2 Å². The quantitative estimate of drug-likeness (QED) is 0.133. The molecule has 3 heterocycles. The molecule has 2 atom stereocenters. The number of ether oxygens (including phenoxy) is 1. The van der Waals surface area contributed by atoms with Gasteiger partial charge in [-0.2, -0.15) is 4.99 Å².